The van der Waals surface area contributed by atoms with Gasteiger partial charge in [-0.25, -0.2) is 9.97 Å². The quantitative estimate of drug-likeness (QED) is 0.222. The molecule has 3 aromatic heterocycles. The zero-order valence-electron chi connectivity index (χ0n) is 16.3. The lowest BCUT2D eigenvalue weighted by Gasteiger charge is -2.03. The third-order valence-corrected chi connectivity index (χ3v) is 7.00. The molecule has 0 atom stereocenters. The highest BCUT2D eigenvalue weighted by molar-refractivity contribution is 14.1. The maximum Gasteiger partial charge on any atom is 0.0730 e. The molecule has 4 aromatic rings. The van der Waals surface area contributed by atoms with Crippen LogP contribution in [0.2, 0.25) is 0 Å². The molecule has 31 heavy (non-hydrogen) atoms. The van der Waals surface area contributed by atoms with E-state index in [2.05, 4.69) is 119 Å². The molecule has 3 nitrogen and oxygen atoms in total. The van der Waals surface area contributed by atoms with Crippen LogP contribution < -0.4 is 0 Å². The van der Waals surface area contributed by atoms with Gasteiger partial charge in [-0.15, -0.1) is 11.3 Å². The third kappa shape index (κ3) is 3.75. The second-order valence-electron chi connectivity index (χ2n) is 7.44. The molecule has 1 aromatic carbocycles. The molecule has 0 fully saturated rings. The first-order valence-corrected chi connectivity index (χ1v) is 11.8. The number of halogens is 1. The van der Waals surface area contributed by atoms with Crippen molar-refractivity contribution < 1.29 is 0 Å². The van der Waals surface area contributed by atoms with E-state index in [9.17, 15) is 0 Å². The summed E-state index contributed by atoms with van der Waals surface area (Å²) in [7, 11) is 0. The van der Waals surface area contributed by atoms with E-state index >= 15 is 0 Å². The van der Waals surface area contributed by atoms with Crippen LogP contribution in [0.4, 0.5) is 0 Å². The van der Waals surface area contributed by atoms with Crippen molar-refractivity contribution in [2.45, 2.75) is 0 Å². The van der Waals surface area contributed by atoms with E-state index in [1.807, 2.05) is 0 Å². The molecule has 0 saturated carbocycles. The van der Waals surface area contributed by atoms with E-state index in [0.29, 0.717) is 0 Å². The number of rotatable bonds is 1. The predicted molar refractivity (Wildman–Crippen MR) is 141 cm³/mol. The summed E-state index contributed by atoms with van der Waals surface area (Å²) in [5, 5.41) is 0. The van der Waals surface area contributed by atoms with Gasteiger partial charge in [-0.05, 0) is 107 Å². The lowest BCUT2D eigenvalue weighted by atomic mass is 10.1. The molecule has 1 N–H and O–H groups in total. The number of aromatic amines is 1. The highest BCUT2D eigenvalue weighted by Crippen LogP contribution is 2.34. The van der Waals surface area contributed by atoms with E-state index in [1.54, 1.807) is 11.3 Å². The molecule has 0 aliphatic carbocycles. The first-order valence-electron chi connectivity index (χ1n) is 9.94. The number of benzene rings is 1. The average molecular weight is 529 g/mol. The Bertz CT molecular complexity index is 1540. The molecule has 148 valence electrons. The fraction of sp³-hybridized carbons (Fsp3) is 0. The van der Waals surface area contributed by atoms with Crippen molar-refractivity contribution in [2.75, 3.05) is 0 Å². The van der Waals surface area contributed by atoms with Crippen molar-refractivity contribution in [3.8, 4) is 11.1 Å². The van der Waals surface area contributed by atoms with Gasteiger partial charge in [-0.1, -0.05) is 12.1 Å². The molecule has 5 heterocycles. The monoisotopic (exact) mass is 529 g/mol. The molecule has 0 amide bonds. The van der Waals surface area contributed by atoms with E-state index < -0.39 is 0 Å². The Balaban J connectivity index is 1.71. The highest BCUT2D eigenvalue weighted by Gasteiger charge is 2.11. The second kappa shape index (κ2) is 7.59. The van der Waals surface area contributed by atoms with Gasteiger partial charge in [0.25, 0.3) is 0 Å². The Kier molecular flexibility index (Phi) is 4.58. The summed E-state index contributed by atoms with van der Waals surface area (Å²) in [6.07, 6.45) is 8.31. The summed E-state index contributed by atoms with van der Waals surface area (Å²) in [4.78, 5) is 13.1. The van der Waals surface area contributed by atoms with Crippen LogP contribution in [0.15, 0.2) is 66.7 Å². The maximum absolute atomic E-state index is 4.96. The Morgan fingerprint density at radius 2 is 1.35 bits per heavy atom. The predicted octanol–water partition coefficient (Wildman–Crippen LogP) is 7.66. The van der Waals surface area contributed by atoms with E-state index in [1.165, 1.54) is 18.5 Å². The van der Waals surface area contributed by atoms with Crippen molar-refractivity contribution in [1.82, 2.24) is 15.0 Å². The van der Waals surface area contributed by atoms with Gasteiger partial charge in [0.15, 0.2) is 0 Å². The second-order valence-corrected chi connectivity index (χ2v) is 9.80. The van der Waals surface area contributed by atoms with Crippen LogP contribution in [0.25, 0.3) is 55.9 Å². The van der Waals surface area contributed by atoms with Gasteiger partial charge in [-0.3, -0.25) is 0 Å². The molecule has 0 radical (unpaired) electrons. The first-order chi connectivity index (χ1) is 15.2. The van der Waals surface area contributed by atoms with Gasteiger partial charge in [0.05, 0.1) is 22.8 Å². The van der Waals surface area contributed by atoms with Gasteiger partial charge in [0.2, 0.25) is 0 Å². The fourth-order valence-electron chi connectivity index (χ4n) is 3.81. The van der Waals surface area contributed by atoms with Crippen molar-refractivity contribution in [2.24, 2.45) is 0 Å². The minimum Gasteiger partial charge on any atom is -0.355 e. The first kappa shape index (κ1) is 18.7. The Hall–Kier alpha value is -3.03. The smallest absolute Gasteiger partial charge is 0.0730 e. The summed E-state index contributed by atoms with van der Waals surface area (Å²) < 4.78 is 3.59. The largest absolute Gasteiger partial charge is 0.355 e. The van der Waals surface area contributed by atoms with Gasteiger partial charge in [0, 0.05) is 29.6 Å². The topological polar surface area (TPSA) is 41.6 Å². The van der Waals surface area contributed by atoms with Crippen LogP contribution >= 0.6 is 33.9 Å². The molecule has 8 bridgehead atoms. The van der Waals surface area contributed by atoms with Crippen molar-refractivity contribution in [1.29, 1.82) is 0 Å². The molecular weight excluding hydrogens is 513 g/mol. The minimum atomic E-state index is 0.940. The van der Waals surface area contributed by atoms with Gasteiger partial charge in [0.1, 0.15) is 0 Å². The molecule has 0 spiro atoms. The summed E-state index contributed by atoms with van der Waals surface area (Å²) >= 11 is 4.11. The zero-order chi connectivity index (χ0) is 20.8. The minimum absolute atomic E-state index is 0.940. The molecule has 0 saturated heterocycles. The van der Waals surface area contributed by atoms with Crippen molar-refractivity contribution in [3.05, 3.63) is 93.1 Å². The molecule has 2 aliphatic heterocycles. The number of aromatic nitrogens is 3. The van der Waals surface area contributed by atoms with Gasteiger partial charge in [-0.2, -0.15) is 0 Å². The fourth-order valence-corrected chi connectivity index (χ4v) is 5.20. The molecule has 2 aliphatic rings. The standard InChI is InChI=1S/C26H16IN3S/c27-17-3-1-16(2-4-17)26-24-11-9-21(30-24)14-20-6-5-18(28-20)13-19-7-8-22(29-19)15-23-10-12-25(26)31-23/h1-15,28H. The van der Waals surface area contributed by atoms with Crippen LogP contribution in [0, 0.1) is 3.57 Å². The van der Waals surface area contributed by atoms with E-state index in [-0.39, 0.29) is 0 Å². The van der Waals surface area contributed by atoms with Crippen molar-refractivity contribution in [3.63, 3.8) is 0 Å². The highest BCUT2D eigenvalue weighted by atomic mass is 127. The van der Waals surface area contributed by atoms with Gasteiger partial charge < -0.3 is 4.98 Å². The summed E-state index contributed by atoms with van der Waals surface area (Å²) in [6.45, 7) is 0. The Morgan fingerprint density at radius 1 is 0.677 bits per heavy atom. The SMILES string of the molecule is Ic1ccc(-c2c3nc(cc4ccc(cc5nc(cc6ccc2s6)C=C5)[nH]4)C=C3)cc1. The number of thiophene rings is 1. The molecular formula is C26H16IN3S. The van der Waals surface area contributed by atoms with Crippen LogP contribution in [-0.4, -0.2) is 15.0 Å². The summed E-state index contributed by atoms with van der Waals surface area (Å²) in [5.74, 6) is 0. The zero-order valence-corrected chi connectivity index (χ0v) is 19.3. The van der Waals surface area contributed by atoms with Gasteiger partial charge >= 0.3 is 0 Å². The molecule has 0 unspecified atom stereocenters. The number of nitrogens with one attached hydrogen (secondary N) is 1. The number of fused-ring (bicyclic) bond motifs is 8. The summed E-state index contributed by atoms with van der Waals surface area (Å²) in [6, 6.07) is 23.4. The van der Waals surface area contributed by atoms with E-state index in [4.69, 9.17) is 9.97 Å². The van der Waals surface area contributed by atoms with Crippen LogP contribution in [0.5, 0.6) is 0 Å². The maximum atomic E-state index is 4.96. The lowest BCUT2D eigenvalue weighted by molar-refractivity contribution is 1.32. The van der Waals surface area contributed by atoms with Crippen LogP contribution in [0.3, 0.4) is 0 Å². The lowest BCUT2D eigenvalue weighted by Crippen LogP contribution is -1.83. The third-order valence-electron chi connectivity index (χ3n) is 5.23. The Morgan fingerprint density at radius 3 is 2.13 bits per heavy atom. The van der Waals surface area contributed by atoms with Crippen LogP contribution in [-0.2, 0) is 0 Å². The van der Waals surface area contributed by atoms with Crippen molar-refractivity contribution >= 4 is 78.7 Å². The Labute approximate surface area is 197 Å². The molecule has 5 heteroatoms. The number of hydrogen-bond acceptors (Lipinski definition) is 3. The number of nitrogens with zero attached hydrogens (tertiary/aromatic N) is 2. The normalized spacial score (nSPS) is 12.4. The van der Waals surface area contributed by atoms with E-state index in [0.717, 1.165) is 39.4 Å². The number of H-pyrrole nitrogens is 1. The molecule has 6 rings (SSSR count). The summed E-state index contributed by atoms with van der Waals surface area (Å²) in [5.41, 5.74) is 8.22. The average Bonchev–Trinajstić information content (AvgIpc) is 3.55. The number of hydrogen-bond donors (Lipinski definition) is 1. The van der Waals surface area contributed by atoms with Crippen LogP contribution in [0.1, 0.15) is 22.8 Å².